The fraction of sp³-hybridized carbons (Fsp3) is 0.316. The summed E-state index contributed by atoms with van der Waals surface area (Å²) in [6.45, 7) is 0.626. The molecule has 0 saturated carbocycles. The number of nitrogens with one attached hydrogen (secondary N) is 1. The number of amides is 2. The molecule has 3 N–H and O–H groups in total. The number of urea groups is 1. The quantitative estimate of drug-likeness (QED) is 0.791. The van der Waals surface area contributed by atoms with Crippen LogP contribution >= 0.6 is 0 Å². The lowest BCUT2D eigenvalue weighted by Gasteiger charge is -2.29. The van der Waals surface area contributed by atoms with Crippen molar-refractivity contribution in [2.45, 2.75) is 25.4 Å². The zero-order valence-electron chi connectivity index (χ0n) is 13.5. The molecule has 0 radical (unpaired) electrons. The average Bonchev–Trinajstić information content (AvgIpc) is 3.03. The number of carbonyl (C=O) groups excluding carboxylic acids is 1. The average molecular weight is 326 g/mol. The summed E-state index contributed by atoms with van der Waals surface area (Å²) >= 11 is 0. The van der Waals surface area contributed by atoms with Crippen LogP contribution in [0.3, 0.4) is 0 Å². The van der Waals surface area contributed by atoms with Crippen molar-refractivity contribution in [3.05, 3.63) is 65.2 Å². The van der Waals surface area contributed by atoms with E-state index in [0.29, 0.717) is 13.1 Å². The minimum atomic E-state index is -0.182. The summed E-state index contributed by atoms with van der Waals surface area (Å²) in [5, 5.41) is 21.6. The summed E-state index contributed by atoms with van der Waals surface area (Å²) in [7, 11) is 0. The molecule has 3 rings (SSSR count). The van der Waals surface area contributed by atoms with E-state index in [1.54, 1.807) is 29.2 Å². The maximum atomic E-state index is 12.6. The van der Waals surface area contributed by atoms with Gasteiger partial charge in [0.1, 0.15) is 5.75 Å². The zero-order chi connectivity index (χ0) is 16.9. The third-order valence-electron chi connectivity index (χ3n) is 4.46. The molecule has 0 heterocycles. The third kappa shape index (κ3) is 3.51. The van der Waals surface area contributed by atoms with E-state index in [4.69, 9.17) is 0 Å². The van der Waals surface area contributed by atoms with Gasteiger partial charge in [0, 0.05) is 13.1 Å². The molecular formula is C19H22N2O3. The van der Waals surface area contributed by atoms with Crippen molar-refractivity contribution >= 4 is 6.03 Å². The number of hydrogen-bond donors (Lipinski definition) is 3. The molecule has 2 aromatic carbocycles. The number of benzene rings is 2. The molecule has 1 aliphatic rings. The summed E-state index contributed by atoms with van der Waals surface area (Å²) in [6, 6.07) is 14.7. The largest absolute Gasteiger partial charge is 0.508 e. The van der Waals surface area contributed by atoms with Crippen LogP contribution in [0, 0.1) is 0 Å². The van der Waals surface area contributed by atoms with E-state index in [1.807, 2.05) is 12.1 Å². The molecule has 5 nitrogen and oxygen atoms in total. The van der Waals surface area contributed by atoms with Gasteiger partial charge in [-0.15, -0.1) is 0 Å². The summed E-state index contributed by atoms with van der Waals surface area (Å²) < 4.78 is 0. The van der Waals surface area contributed by atoms with Crippen molar-refractivity contribution in [3.8, 4) is 5.75 Å². The van der Waals surface area contributed by atoms with Gasteiger partial charge in [-0.1, -0.05) is 36.4 Å². The van der Waals surface area contributed by atoms with E-state index in [2.05, 4.69) is 17.4 Å². The topological polar surface area (TPSA) is 72.8 Å². The molecule has 2 aromatic rings. The molecule has 0 aliphatic heterocycles. The predicted octanol–water partition coefficient (Wildman–Crippen LogP) is 2.58. The van der Waals surface area contributed by atoms with Crippen molar-refractivity contribution in [2.75, 3.05) is 13.2 Å². The summed E-state index contributed by atoms with van der Waals surface area (Å²) in [5.41, 5.74) is 3.36. The van der Waals surface area contributed by atoms with Crippen molar-refractivity contribution in [1.82, 2.24) is 10.2 Å². The molecule has 0 fully saturated rings. The van der Waals surface area contributed by atoms with Gasteiger partial charge in [0.05, 0.1) is 12.6 Å². The normalized spacial score (nSPS) is 15.8. The van der Waals surface area contributed by atoms with Gasteiger partial charge in [-0.05, 0) is 41.7 Å². The minimum absolute atomic E-state index is 0.00756. The van der Waals surface area contributed by atoms with E-state index < -0.39 is 0 Å². The summed E-state index contributed by atoms with van der Waals surface area (Å²) in [6.07, 6.45) is 1.83. The molecule has 2 amide bonds. The highest BCUT2D eigenvalue weighted by molar-refractivity contribution is 5.75. The fourth-order valence-corrected chi connectivity index (χ4v) is 3.26. The van der Waals surface area contributed by atoms with Gasteiger partial charge < -0.3 is 20.4 Å². The van der Waals surface area contributed by atoms with Crippen LogP contribution < -0.4 is 5.32 Å². The number of fused-ring (bicyclic) bond motifs is 1. The van der Waals surface area contributed by atoms with Gasteiger partial charge in [0.25, 0.3) is 0 Å². The third-order valence-corrected chi connectivity index (χ3v) is 4.46. The Morgan fingerprint density at radius 1 is 1.17 bits per heavy atom. The van der Waals surface area contributed by atoms with Crippen LogP contribution in [0.25, 0.3) is 0 Å². The fourth-order valence-electron chi connectivity index (χ4n) is 3.26. The van der Waals surface area contributed by atoms with Crippen molar-refractivity contribution in [2.24, 2.45) is 0 Å². The number of aliphatic hydroxyl groups excluding tert-OH is 1. The van der Waals surface area contributed by atoms with Crippen LogP contribution in [0.5, 0.6) is 5.75 Å². The van der Waals surface area contributed by atoms with E-state index in [1.165, 1.54) is 11.1 Å². The van der Waals surface area contributed by atoms with Gasteiger partial charge in [0.2, 0.25) is 0 Å². The first-order chi connectivity index (χ1) is 11.7. The number of aliphatic hydroxyl groups is 1. The number of aromatic hydroxyl groups is 1. The van der Waals surface area contributed by atoms with Crippen molar-refractivity contribution in [3.63, 3.8) is 0 Å². The number of nitrogens with zero attached hydrogens (tertiary/aromatic N) is 1. The number of rotatable bonds is 5. The number of hydrogen-bond acceptors (Lipinski definition) is 3. The van der Waals surface area contributed by atoms with E-state index in [0.717, 1.165) is 18.4 Å². The van der Waals surface area contributed by atoms with E-state index in [-0.39, 0.29) is 24.4 Å². The highest BCUT2D eigenvalue weighted by Crippen LogP contribution is 2.35. The van der Waals surface area contributed by atoms with Crippen LogP contribution in [-0.2, 0) is 13.0 Å². The molecule has 24 heavy (non-hydrogen) atoms. The van der Waals surface area contributed by atoms with Crippen LogP contribution in [0.15, 0.2) is 48.5 Å². The van der Waals surface area contributed by atoms with Crippen LogP contribution in [0.1, 0.15) is 29.2 Å². The smallest absolute Gasteiger partial charge is 0.318 e. The number of phenols is 1. The van der Waals surface area contributed by atoms with Crippen molar-refractivity contribution in [1.29, 1.82) is 0 Å². The minimum Gasteiger partial charge on any atom is -0.508 e. The molecular weight excluding hydrogens is 304 g/mol. The van der Waals surface area contributed by atoms with Gasteiger partial charge in [-0.25, -0.2) is 4.79 Å². The van der Waals surface area contributed by atoms with Crippen molar-refractivity contribution < 1.29 is 15.0 Å². The Labute approximate surface area is 141 Å². The Kier molecular flexibility index (Phi) is 5.01. The first-order valence-electron chi connectivity index (χ1n) is 8.20. The number of aryl methyl sites for hydroxylation is 1. The molecule has 1 atom stereocenters. The number of phenolic OH excluding ortho intramolecular Hbond substituents is 1. The Morgan fingerprint density at radius 2 is 1.92 bits per heavy atom. The molecule has 0 spiro atoms. The Morgan fingerprint density at radius 3 is 2.67 bits per heavy atom. The molecule has 0 saturated heterocycles. The highest BCUT2D eigenvalue weighted by atomic mass is 16.3. The lowest BCUT2D eigenvalue weighted by molar-refractivity contribution is 0.151. The summed E-state index contributed by atoms with van der Waals surface area (Å²) in [4.78, 5) is 14.3. The molecule has 1 unspecified atom stereocenters. The maximum Gasteiger partial charge on any atom is 0.318 e. The lowest BCUT2D eigenvalue weighted by Crippen LogP contribution is -2.42. The molecule has 0 bridgehead atoms. The monoisotopic (exact) mass is 326 g/mol. The Hall–Kier alpha value is -2.53. The van der Waals surface area contributed by atoms with Crippen LogP contribution in [0.2, 0.25) is 0 Å². The molecule has 1 aliphatic carbocycles. The standard InChI is InChI=1S/C19H22N2O3/c22-12-11-21(18-10-7-15-3-1-2-4-17(15)18)19(24)20-13-14-5-8-16(23)9-6-14/h1-6,8-9,18,22-23H,7,10-13H2,(H,20,24). The predicted molar refractivity (Wildman–Crippen MR) is 91.6 cm³/mol. The first kappa shape index (κ1) is 16.3. The zero-order valence-corrected chi connectivity index (χ0v) is 13.5. The Bertz CT molecular complexity index is 700. The molecule has 5 heteroatoms. The van der Waals surface area contributed by atoms with Gasteiger partial charge in [-0.2, -0.15) is 0 Å². The Balaban J connectivity index is 1.69. The van der Waals surface area contributed by atoms with E-state index in [9.17, 15) is 15.0 Å². The summed E-state index contributed by atoms with van der Waals surface area (Å²) in [5.74, 6) is 0.203. The highest BCUT2D eigenvalue weighted by Gasteiger charge is 2.30. The second kappa shape index (κ2) is 7.36. The molecule has 0 aromatic heterocycles. The lowest BCUT2D eigenvalue weighted by atomic mass is 10.1. The SMILES string of the molecule is O=C(NCc1ccc(O)cc1)N(CCO)C1CCc2ccccc21. The molecule has 126 valence electrons. The van der Waals surface area contributed by atoms with Crippen LogP contribution in [-0.4, -0.2) is 34.3 Å². The van der Waals surface area contributed by atoms with Gasteiger partial charge >= 0.3 is 6.03 Å². The maximum absolute atomic E-state index is 12.6. The second-order valence-corrected chi connectivity index (χ2v) is 6.00. The number of carbonyl (C=O) groups is 1. The second-order valence-electron chi connectivity index (χ2n) is 6.00. The first-order valence-corrected chi connectivity index (χ1v) is 8.20. The van der Waals surface area contributed by atoms with E-state index >= 15 is 0 Å². The van der Waals surface area contributed by atoms with Gasteiger partial charge in [-0.3, -0.25) is 0 Å². The van der Waals surface area contributed by atoms with Crippen LogP contribution in [0.4, 0.5) is 4.79 Å². The van der Waals surface area contributed by atoms with Gasteiger partial charge in [0.15, 0.2) is 0 Å².